The van der Waals surface area contributed by atoms with E-state index in [4.69, 9.17) is 0 Å². The summed E-state index contributed by atoms with van der Waals surface area (Å²) in [5.74, 6) is -0.603. The van der Waals surface area contributed by atoms with Crippen molar-refractivity contribution in [3.8, 4) is 0 Å². The predicted octanol–water partition coefficient (Wildman–Crippen LogP) is 4.40. The molecule has 0 aliphatic rings. The van der Waals surface area contributed by atoms with E-state index in [0.29, 0.717) is 22.6 Å². The monoisotopic (exact) mass is 443 g/mol. The third-order valence-corrected chi connectivity index (χ3v) is 6.85. The average molecular weight is 444 g/mol. The van der Waals surface area contributed by atoms with Gasteiger partial charge in [-0.2, -0.15) is 0 Å². The normalized spacial score (nSPS) is 11.2. The first-order valence-electron chi connectivity index (χ1n) is 9.13. The van der Waals surface area contributed by atoms with Crippen molar-refractivity contribution in [3.05, 3.63) is 71.6 Å². The van der Waals surface area contributed by atoms with E-state index >= 15 is 0 Å². The van der Waals surface area contributed by atoms with Gasteiger partial charge in [0.05, 0.1) is 0 Å². The van der Waals surface area contributed by atoms with Gasteiger partial charge >= 0.3 is 0 Å². The SMILES string of the molecule is CC(C)C(=O)Nc1ccc(NC(=O)c2cccc(NS(=O)(=O)c3cccs3)c2)cc1. The number of hydrogen-bond acceptors (Lipinski definition) is 5. The lowest BCUT2D eigenvalue weighted by atomic mass is 10.2. The van der Waals surface area contributed by atoms with Gasteiger partial charge in [-0.15, -0.1) is 11.3 Å². The van der Waals surface area contributed by atoms with Gasteiger partial charge in [-0.25, -0.2) is 8.42 Å². The van der Waals surface area contributed by atoms with Crippen LogP contribution in [-0.2, 0) is 14.8 Å². The van der Waals surface area contributed by atoms with Crippen LogP contribution in [0.4, 0.5) is 17.1 Å². The van der Waals surface area contributed by atoms with E-state index in [1.165, 1.54) is 12.1 Å². The van der Waals surface area contributed by atoms with Gasteiger partial charge in [0.25, 0.3) is 15.9 Å². The zero-order valence-corrected chi connectivity index (χ0v) is 18.0. The maximum atomic E-state index is 12.6. The molecule has 0 fully saturated rings. The lowest BCUT2D eigenvalue weighted by Crippen LogP contribution is -2.17. The molecule has 0 atom stereocenters. The summed E-state index contributed by atoms with van der Waals surface area (Å²) in [4.78, 5) is 24.3. The summed E-state index contributed by atoms with van der Waals surface area (Å²) in [6.07, 6.45) is 0. The Morgan fingerprint density at radius 1 is 0.867 bits per heavy atom. The second kappa shape index (κ2) is 9.10. The van der Waals surface area contributed by atoms with Crippen LogP contribution in [0.1, 0.15) is 24.2 Å². The first-order chi connectivity index (χ1) is 14.2. The van der Waals surface area contributed by atoms with Crippen LogP contribution in [0.2, 0.25) is 0 Å². The fourth-order valence-electron chi connectivity index (χ4n) is 2.47. The predicted molar refractivity (Wildman–Crippen MR) is 119 cm³/mol. The largest absolute Gasteiger partial charge is 0.326 e. The summed E-state index contributed by atoms with van der Waals surface area (Å²) in [7, 11) is -3.69. The Hall–Kier alpha value is -3.17. The van der Waals surface area contributed by atoms with Gasteiger partial charge in [0.15, 0.2) is 0 Å². The standard InChI is InChI=1S/C21H21N3O4S2/c1-14(2)20(25)22-16-8-10-17(11-9-16)23-21(26)15-5-3-6-18(13-15)24-30(27,28)19-7-4-12-29-19/h3-14,24H,1-2H3,(H,22,25)(H,23,26). The zero-order chi connectivity index (χ0) is 21.7. The molecule has 30 heavy (non-hydrogen) atoms. The van der Waals surface area contributed by atoms with Gasteiger partial charge in [0.2, 0.25) is 5.91 Å². The Morgan fingerprint density at radius 2 is 1.53 bits per heavy atom. The molecule has 0 radical (unpaired) electrons. The number of rotatable bonds is 7. The molecular formula is C21H21N3O4S2. The highest BCUT2D eigenvalue weighted by atomic mass is 32.2. The first-order valence-corrected chi connectivity index (χ1v) is 11.5. The number of anilines is 3. The number of benzene rings is 2. The van der Waals surface area contributed by atoms with Crippen molar-refractivity contribution in [1.82, 2.24) is 0 Å². The fourth-order valence-corrected chi connectivity index (χ4v) is 4.51. The molecule has 3 aromatic rings. The smallest absolute Gasteiger partial charge is 0.271 e. The molecule has 156 valence electrons. The molecule has 1 heterocycles. The maximum absolute atomic E-state index is 12.6. The van der Waals surface area contributed by atoms with Crippen LogP contribution in [0.25, 0.3) is 0 Å². The van der Waals surface area contributed by atoms with Gasteiger partial charge in [-0.1, -0.05) is 26.0 Å². The molecule has 2 aromatic carbocycles. The molecule has 0 spiro atoms. The lowest BCUT2D eigenvalue weighted by Gasteiger charge is -2.10. The summed E-state index contributed by atoms with van der Waals surface area (Å²) in [6.45, 7) is 3.61. The van der Waals surface area contributed by atoms with E-state index in [1.807, 2.05) is 0 Å². The average Bonchev–Trinajstić information content (AvgIpc) is 3.25. The molecule has 3 N–H and O–H groups in total. The van der Waals surface area contributed by atoms with Gasteiger partial charge < -0.3 is 10.6 Å². The van der Waals surface area contributed by atoms with Crippen LogP contribution in [-0.4, -0.2) is 20.2 Å². The van der Waals surface area contributed by atoms with E-state index in [9.17, 15) is 18.0 Å². The van der Waals surface area contributed by atoms with E-state index in [1.54, 1.807) is 67.8 Å². The molecule has 0 aliphatic heterocycles. The van der Waals surface area contributed by atoms with Gasteiger partial charge in [0, 0.05) is 28.5 Å². The topological polar surface area (TPSA) is 104 Å². The fraction of sp³-hybridized carbons (Fsp3) is 0.143. The summed E-state index contributed by atoms with van der Waals surface area (Å²) in [5.41, 5.74) is 1.78. The van der Waals surface area contributed by atoms with Crippen LogP contribution in [0.15, 0.2) is 70.3 Å². The van der Waals surface area contributed by atoms with Gasteiger partial charge in [-0.3, -0.25) is 14.3 Å². The van der Waals surface area contributed by atoms with E-state index in [0.717, 1.165) is 11.3 Å². The summed E-state index contributed by atoms with van der Waals surface area (Å²) in [5, 5.41) is 7.21. The Labute approximate surface area is 179 Å². The number of amides is 2. The Kier molecular flexibility index (Phi) is 6.53. The molecule has 1 aromatic heterocycles. The van der Waals surface area contributed by atoms with Crippen LogP contribution in [0.5, 0.6) is 0 Å². The minimum absolute atomic E-state index is 0.0893. The Morgan fingerprint density at radius 3 is 2.13 bits per heavy atom. The Balaban J connectivity index is 1.67. The highest BCUT2D eigenvalue weighted by Crippen LogP contribution is 2.21. The third-order valence-electron chi connectivity index (χ3n) is 4.07. The Bertz CT molecular complexity index is 1140. The van der Waals surface area contributed by atoms with Gasteiger partial charge in [0.1, 0.15) is 4.21 Å². The minimum atomic E-state index is -3.69. The third kappa shape index (κ3) is 5.46. The molecular weight excluding hydrogens is 422 g/mol. The van der Waals surface area contributed by atoms with Crippen molar-refractivity contribution in [2.45, 2.75) is 18.1 Å². The maximum Gasteiger partial charge on any atom is 0.271 e. The van der Waals surface area contributed by atoms with Crippen molar-refractivity contribution < 1.29 is 18.0 Å². The van der Waals surface area contributed by atoms with E-state index in [2.05, 4.69) is 15.4 Å². The van der Waals surface area contributed by atoms with Crippen molar-refractivity contribution >= 4 is 50.2 Å². The number of sulfonamides is 1. The zero-order valence-electron chi connectivity index (χ0n) is 16.4. The summed E-state index contributed by atoms with van der Waals surface area (Å²) >= 11 is 1.11. The summed E-state index contributed by atoms with van der Waals surface area (Å²) in [6, 6.07) is 16.2. The molecule has 0 saturated heterocycles. The molecule has 9 heteroatoms. The highest BCUT2D eigenvalue weighted by molar-refractivity contribution is 7.94. The molecule has 3 rings (SSSR count). The first kappa shape index (κ1) is 21.5. The van der Waals surface area contributed by atoms with E-state index < -0.39 is 10.0 Å². The number of carbonyl (C=O) groups is 2. The molecule has 0 saturated carbocycles. The van der Waals surface area contributed by atoms with Crippen molar-refractivity contribution in [3.63, 3.8) is 0 Å². The molecule has 7 nitrogen and oxygen atoms in total. The van der Waals surface area contributed by atoms with Crippen LogP contribution < -0.4 is 15.4 Å². The van der Waals surface area contributed by atoms with Crippen molar-refractivity contribution in [1.29, 1.82) is 0 Å². The van der Waals surface area contributed by atoms with Crippen LogP contribution in [0.3, 0.4) is 0 Å². The quantitative estimate of drug-likeness (QED) is 0.503. The van der Waals surface area contributed by atoms with Gasteiger partial charge in [-0.05, 0) is 53.9 Å². The number of carbonyl (C=O) groups excluding carboxylic acids is 2. The number of nitrogens with one attached hydrogen (secondary N) is 3. The molecule has 0 unspecified atom stereocenters. The van der Waals surface area contributed by atoms with E-state index in [-0.39, 0.29) is 21.9 Å². The number of thiophene rings is 1. The second-order valence-electron chi connectivity index (χ2n) is 6.79. The highest BCUT2D eigenvalue weighted by Gasteiger charge is 2.16. The minimum Gasteiger partial charge on any atom is -0.326 e. The number of hydrogen-bond donors (Lipinski definition) is 3. The molecule has 0 aliphatic carbocycles. The molecule has 2 amide bonds. The van der Waals surface area contributed by atoms with Crippen molar-refractivity contribution in [2.24, 2.45) is 5.92 Å². The van der Waals surface area contributed by atoms with Crippen LogP contribution >= 0.6 is 11.3 Å². The summed E-state index contributed by atoms with van der Waals surface area (Å²) < 4.78 is 27.4. The lowest BCUT2D eigenvalue weighted by molar-refractivity contribution is -0.118. The molecule has 0 bridgehead atoms. The second-order valence-corrected chi connectivity index (χ2v) is 9.65. The van der Waals surface area contributed by atoms with Crippen molar-refractivity contribution in [2.75, 3.05) is 15.4 Å². The van der Waals surface area contributed by atoms with Crippen LogP contribution in [0, 0.1) is 5.92 Å².